The number of hydrogen-bond donors (Lipinski definition) is 2. The summed E-state index contributed by atoms with van der Waals surface area (Å²) in [5.74, 6) is -0.406. The quantitative estimate of drug-likeness (QED) is 0.869. The molecule has 1 aromatic carbocycles. The van der Waals surface area contributed by atoms with Crippen molar-refractivity contribution < 1.29 is 18.0 Å². The van der Waals surface area contributed by atoms with Gasteiger partial charge in [0.05, 0.1) is 17.3 Å². The number of benzene rings is 1. The Balaban J connectivity index is 2.12. The van der Waals surface area contributed by atoms with E-state index < -0.39 is 23.7 Å². The largest absolute Gasteiger partial charge is 0.418 e. The molecule has 104 valence electrons. The lowest BCUT2D eigenvalue weighted by Crippen LogP contribution is -2.43. The predicted molar refractivity (Wildman–Crippen MR) is 65.7 cm³/mol. The number of carbonyl (C=O) groups excluding carboxylic acids is 1. The predicted octanol–water partition coefficient (Wildman–Crippen LogP) is 2.79. The standard InChI is InChI=1S/C13H15F3N2O/c14-13(15,16)9-5-1-2-6-10(9)18-12(19)11-7-3-4-8-17-11/h1-2,5-6,11,17H,3-4,7-8H2,(H,18,19)/t11-/m0/s1. The van der Waals surface area contributed by atoms with E-state index in [0.717, 1.165) is 25.5 Å². The number of anilines is 1. The second-order valence-electron chi connectivity index (χ2n) is 4.54. The van der Waals surface area contributed by atoms with E-state index in [1.54, 1.807) is 0 Å². The first-order valence-electron chi connectivity index (χ1n) is 6.19. The summed E-state index contributed by atoms with van der Waals surface area (Å²) in [5.41, 5.74) is -1.01. The summed E-state index contributed by atoms with van der Waals surface area (Å²) in [7, 11) is 0. The minimum atomic E-state index is -4.47. The molecule has 0 bridgehead atoms. The van der Waals surface area contributed by atoms with E-state index in [4.69, 9.17) is 0 Å². The Morgan fingerprint density at radius 2 is 2.00 bits per heavy atom. The lowest BCUT2D eigenvalue weighted by Gasteiger charge is -2.23. The van der Waals surface area contributed by atoms with E-state index in [9.17, 15) is 18.0 Å². The average molecular weight is 272 g/mol. The highest BCUT2D eigenvalue weighted by Crippen LogP contribution is 2.34. The molecule has 3 nitrogen and oxygen atoms in total. The Kier molecular flexibility index (Phi) is 4.09. The van der Waals surface area contributed by atoms with Gasteiger partial charge in [-0.2, -0.15) is 13.2 Å². The van der Waals surface area contributed by atoms with Crippen LogP contribution in [0.25, 0.3) is 0 Å². The number of piperidine rings is 1. The van der Waals surface area contributed by atoms with Crippen molar-refractivity contribution in [1.82, 2.24) is 5.32 Å². The minimum absolute atomic E-state index is 0.188. The van der Waals surface area contributed by atoms with Gasteiger partial charge in [-0.3, -0.25) is 4.79 Å². The van der Waals surface area contributed by atoms with Gasteiger partial charge in [-0.25, -0.2) is 0 Å². The lowest BCUT2D eigenvalue weighted by molar-refractivity contribution is -0.137. The normalized spacial score (nSPS) is 20.1. The van der Waals surface area contributed by atoms with Crippen LogP contribution in [0.3, 0.4) is 0 Å². The summed E-state index contributed by atoms with van der Waals surface area (Å²) in [6, 6.07) is 4.60. The van der Waals surface area contributed by atoms with Crippen molar-refractivity contribution in [3.05, 3.63) is 29.8 Å². The van der Waals surface area contributed by atoms with E-state index in [0.29, 0.717) is 6.42 Å². The summed E-state index contributed by atoms with van der Waals surface area (Å²) in [6.45, 7) is 0.721. The third kappa shape index (κ3) is 3.47. The molecule has 1 heterocycles. The van der Waals surface area contributed by atoms with Gasteiger partial charge in [0.15, 0.2) is 0 Å². The van der Waals surface area contributed by atoms with Gasteiger partial charge < -0.3 is 10.6 Å². The Hall–Kier alpha value is -1.56. The van der Waals surface area contributed by atoms with Crippen molar-refractivity contribution >= 4 is 11.6 Å². The molecule has 2 rings (SSSR count). The minimum Gasteiger partial charge on any atom is -0.324 e. The SMILES string of the molecule is O=C(Nc1ccccc1C(F)(F)F)[C@@H]1CCCCN1. The molecule has 1 amide bonds. The third-order valence-corrected chi connectivity index (χ3v) is 3.12. The summed E-state index contributed by atoms with van der Waals surface area (Å²) >= 11 is 0. The highest BCUT2D eigenvalue weighted by atomic mass is 19.4. The van der Waals surface area contributed by atoms with Crippen molar-refractivity contribution in [2.75, 3.05) is 11.9 Å². The van der Waals surface area contributed by atoms with Crippen LogP contribution in [0.15, 0.2) is 24.3 Å². The smallest absolute Gasteiger partial charge is 0.324 e. The van der Waals surface area contributed by atoms with Crippen LogP contribution >= 0.6 is 0 Å². The maximum absolute atomic E-state index is 12.8. The zero-order chi connectivity index (χ0) is 13.9. The van der Waals surface area contributed by atoms with Gasteiger partial charge in [-0.15, -0.1) is 0 Å². The molecule has 0 spiro atoms. The van der Waals surface area contributed by atoms with Crippen LogP contribution in [0.5, 0.6) is 0 Å². The van der Waals surface area contributed by atoms with Crippen molar-refractivity contribution in [3.8, 4) is 0 Å². The summed E-state index contributed by atoms with van der Waals surface area (Å²) in [6.07, 6.45) is -1.92. The van der Waals surface area contributed by atoms with Crippen LogP contribution in [-0.2, 0) is 11.0 Å². The molecule has 1 atom stereocenters. The van der Waals surface area contributed by atoms with Gasteiger partial charge >= 0.3 is 6.18 Å². The second-order valence-corrected chi connectivity index (χ2v) is 4.54. The zero-order valence-corrected chi connectivity index (χ0v) is 10.3. The Morgan fingerprint density at radius 3 is 2.63 bits per heavy atom. The molecule has 0 saturated carbocycles. The molecule has 19 heavy (non-hydrogen) atoms. The summed E-state index contributed by atoms with van der Waals surface area (Å²) in [4.78, 5) is 11.9. The fourth-order valence-electron chi connectivity index (χ4n) is 2.13. The maximum atomic E-state index is 12.8. The zero-order valence-electron chi connectivity index (χ0n) is 10.3. The van der Waals surface area contributed by atoms with Gasteiger partial charge in [0.1, 0.15) is 0 Å². The molecule has 0 aliphatic carbocycles. The van der Waals surface area contributed by atoms with Gasteiger partial charge in [-0.05, 0) is 31.5 Å². The first kappa shape index (κ1) is 13.9. The first-order chi connectivity index (χ1) is 8.98. The van der Waals surface area contributed by atoms with Crippen LogP contribution in [0.4, 0.5) is 18.9 Å². The summed E-state index contributed by atoms with van der Waals surface area (Å²) in [5, 5.41) is 5.37. The number of halogens is 3. The van der Waals surface area contributed by atoms with Crippen molar-refractivity contribution in [2.45, 2.75) is 31.5 Å². The Labute approximate surface area is 109 Å². The lowest BCUT2D eigenvalue weighted by atomic mass is 10.0. The molecular formula is C13H15F3N2O. The number of rotatable bonds is 2. The van der Waals surface area contributed by atoms with E-state index in [-0.39, 0.29) is 5.69 Å². The Morgan fingerprint density at radius 1 is 1.26 bits per heavy atom. The molecular weight excluding hydrogens is 257 g/mol. The number of carbonyl (C=O) groups is 1. The Bertz CT molecular complexity index is 453. The maximum Gasteiger partial charge on any atom is 0.418 e. The molecule has 1 aromatic rings. The van der Waals surface area contributed by atoms with Crippen LogP contribution in [-0.4, -0.2) is 18.5 Å². The molecule has 1 saturated heterocycles. The monoisotopic (exact) mass is 272 g/mol. The van der Waals surface area contributed by atoms with Gasteiger partial charge in [-0.1, -0.05) is 18.6 Å². The van der Waals surface area contributed by atoms with Crippen LogP contribution < -0.4 is 10.6 Å². The van der Waals surface area contributed by atoms with Crippen LogP contribution in [0, 0.1) is 0 Å². The fourth-order valence-corrected chi connectivity index (χ4v) is 2.13. The molecule has 2 N–H and O–H groups in total. The molecule has 0 aromatic heterocycles. The molecule has 6 heteroatoms. The number of hydrogen-bond acceptors (Lipinski definition) is 2. The highest BCUT2D eigenvalue weighted by Gasteiger charge is 2.34. The molecule has 1 aliphatic rings. The summed E-state index contributed by atoms with van der Waals surface area (Å²) < 4.78 is 38.3. The van der Waals surface area contributed by atoms with Crippen LogP contribution in [0.1, 0.15) is 24.8 Å². The van der Waals surface area contributed by atoms with Gasteiger partial charge in [0.2, 0.25) is 5.91 Å². The molecule has 1 aliphatic heterocycles. The van der Waals surface area contributed by atoms with Gasteiger partial charge in [0.25, 0.3) is 0 Å². The molecule has 1 fully saturated rings. The third-order valence-electron chi connectivity index (χ3n) is 3.12. The van der Waals surface area contributed by atoms with Crippen molar-refractivity contribution in [1.29, 1.82) is 0 Å². The number of para-hydroxylation sites is 1. The molecule has 0 radical (unpaired) electrons. The first-order valence-corrected chi connectivity index (χ1v) is 6.19. The number of alkyl halides is 3. The second kappa shape index (κ2) is 5.61. The number of nitrogens with one attached hydrogen (secondary N) is 2. The van der Waals surface area contributed by atoms with E-state index in [1.807, 2.05) is 0 Å². The molecule has 0 unspecified atom stereocenters. The average Bonchev–Trinajstić information content (AvgIpc) is 2.39. The highest BCUT2D eigenvalue weighted by molar-refractivity contribution is 5.95. The van der Waals surface area contributed by atoms with E-state index in [1.165, 1.54) is 18.2 Å². The van der Waals surface area contributed by atoms with Gasteiger partial charge in [0, 0.05) is 0 Å². The topological polar surface area (TPSA) is 41.1 Å². The van der Waals surface area contributed by atoms with E-state index in [2.05, 4.69) is 10.6 Å². The van der Waals surface area contributed by atoms with Crippen molar-refractivity contribution in [3.63, 3.8) is 0 Å². The van der Waals surface area contributed by atoms with Crippen LogP contribution in [0.2, 0.25) is 0 Å². The fraction of sp³-hybridized carbons (Fsp3) is 0.462. The number of amides is 1. The van der Waals surface area contributed by atoms with Crippen molar-refractivity contribution in [2.24, 2.45) is 0 Å². The van der Waals surface area contributed by atoms with E-state index >= 15 is 0 Å².